The number of rotatable bonds is 8. The van der Waals surface area contributed by atoms with Gasteiger partial charge in [-0.25, -0.2) is 0 Å². The summed E-state index contributed by atoms with van der Waals surface area (Å²) >= 11 is 6.65. The molecule has 1 saturated carbocycles. The maximum atomic E-state index is 14.1. The molecule has 8 nitrogen and oxygen atoms in total. The summed E-state index contributed by atoms with van der Waals surface area (Å²) in [6.07, 6.45) is 4.45. The maximum Gasteiger partial charge on any atom is 0.265 e. The van der Waals surface area contributed by atoms with Gasteiger partial charge in [0.2, 0.25) is 0 Å². The van der Waals surface area contributed by atoms with E-state index in [0.29, 0.717) is 50.5 Å². The van der Waals surface area contributed by atoms with E-state index in [0.717, 1.165) is 43.4 Å². The summed E-state index contributed by atoms with van der Waals surface area (Å²) in [5.41, 5.74) is 2.28. The number of ether oxygens (including phenoxy) is 2. The molecular formula is C33H32ClN3O5. The molecule has 1 N–H and O–H groups in total. The molecule has 1 aliphatic carbocycles. The first kappa shape index (κ1) is 27.8. The van der Waals surface area contributed by atoms with Crippen molar-refractivity contribution in [2.75, 3.05) is 7.11 Å². The normalized spacial score (nSPS) is 14.6. The van der Waals surface area contributed by atoms with Crippen LogP contribution in [-0.4, -0.2) is 22.7 Å². The Morgan fingerprint density at radius 3 is 2.45 bits per heavy atom. The average Bonchev–Trinajstić information content (AvgIpc) is 3.41. The van der Waals surface area contributed by atoms with Crippen molar-refractivity contribution in [3.8, 4) is 11.5 Å². The van der Waals surface area contributed by atoms with E-state index < -0.39 is 6.17 Å². The first-order chi connectivity index (χ1) is 20.4. The highest BCUT2D eigenvalue weighted by atomic mass is 35.5. The zero-order valence-electron chi connectivity index (χ0n) is 23.6. The molecule has 9 heteroatoms. The van der Waals surface area contributed by atoms with E-state index in [1.165, 1.54) is 0 Å². The second-order valence-electron chi connectivity index (χ2n) is 10.7. The van der Waals surface area contributed by atoms with Crippen LogP contribution in [0.4, 0.5) is 0 Å². The summed E-state index contributed by atoms with van der Waals surface area (Å²) < 4.78 is 18.2. The number of pyridine rings is 1. The fraction of sp³-hybridized carbons (Fsp3) is 0.303. The van der Waals surface area contributed by atoms with E-state index in [-0.39, 0.29) is 17.4 Å². The average molecular weight is 586 g/mol. The van der Waals surface area contributed by atoms with Crippen LogP contribution in [0.2, 0.25) is 5.02 Å². The van der Waals surface area contributed by atoms with Crippen molar-refractivity contribution in [3.63, 3.8) is 0 Å². The summed E-state index contributed by atoms with van der Waals surface area (Å²) in [6.45, 7) is 2.11. The Morgan fingerprint density at radius 1 is 1.02 bits per heavy atom. The number of halogens is 1. The van der Waals surface area contributed by atoms with Crippen LogP contribution in [0, 0.1) is 12.8 Å². The smallest absolute Gasteiger partial charge is 0.265 e. The van der Waals surface area contributed by atoms with Crippen LogP contribution in [0.25, 0.3) is 21.8 Å². The van der Waals surface area contributed by atoms with Crippen LogP contribution in [-0.2, 0) is 6.61 Å². The molecule has 2 aromatic heterocycles. The summed E-state index contributed by atoms with van der Waals surface area (Å²) in [5, 5.41) is 8.86. The lowest BCUT2D eigenvalue weighted by atomic mass is 9.86. The van der Waals surface area contributed by atoms with Gasteiger partial charge in [0.1, 0.15) is 40.9 Å². The van der Waals surface area contributed by atoms with E-state index in [9.17, 15) is 9.59 Å². The topological polar surface area (TPSA) is 95.6 Å². The third kappa shape index (κ3) is 5.34. The minimum Gasteiger partial charge on any atom is -0.497 e. The number of benzene rings is 3. The van der Waals surface area contributed by atoms with Crippen LogP contribution < -0.4 is 20.3 Å². The SMILES string of the molecule is COc1ccc(COc2ccc(C(=O)N[C@@H](C3CCCCC3)n3c(=O)c4c(C)onc4c4c(Cl)cccc43)cc2)cc1. The Kier molecular flexibility index (Phi) is 7.89. The van der Waals surface area contributed by atoms with Crippen molar-refractivity contribution in [2.45, 2.75) is 51.8 Å². The van der Waals surface area contributed by atoms with Gasteiger partial charge in [-0.15, -0.1) is 0 Å². The number of amides is 1. The molecule has 5 aromatic rings. The number of carbonyl (C=O) groups is 1. The number of aryl methyl sites for hydroxylation is 1. The van der Waals surface area contributed by atoms with Crippen molar-refractivity contribution in [1.29, 1.82) is 0 Å². The molecule has 1 aliphatic rings. The Balaban J connectivity index is 1.31. The number of hydrogen-bond acceptors (Lipinski definition) is 6. The van der Waals surface area contributed by atoms with Crippen molar-refractivity contribution in [2.24, 2.45) is 5.92 Å². The van der Waals surface area contributed by atoms with E-state index in [4.69, 9.17) is 25.6 Å². The molecule has 2 heterocycles. The van der Waals surface area contributed by atoms with Gasteiger partial charge in [0, 0.05) is 10.9 Å². The minimum absolute atomic E-state index is 0.0762. The van der Waals surface area contributed by atoms with Crippen LogP contribution in [0.1, 0.15) is 60.0 Å². The van der Waals surface area contributed by atoms with Gasteiger partial charge in [-0.2, -0.15) is 0 Å². The lowest BCUT2D eigenvalue weighted by Gasteiger charge is -2.33. The highest BCUT2D eigenvalue weighted by Crippen LogP contribution is 2.36. The van der Waals surface area contributed by atoms with Gasteiger partial charge in [-0.05, 0) is 79.8 Å². The molecule has 3 aromatic carbocycles. The monoisotopic (exact) mass is 585 g/mol. The molecular weight excluding hydrogens is 554 g/mol. The number of fused-ring (bicyclic) bond motifs is 3. The molecule has 0 bridgehead atoms. The van der Waals surface area contributed by atoms with E-state index >= 15 is 0 Å². The molecule has 42 heavy (non-hydrogen) atoms. The predicted octanol–water partition coefficient (Wildman–Crippen LogP) is 7.20. The number of methoxy groups -OCH3 is 1. The van der Waals surface area contributed by atoms with Crippen LogP contribution in [0.15, 0.2) is 76.0 Å². The molecule has 0 saturated heterocycles. The predicted molar refractivity (Wildman–Crippen MR) is 162 cm³/mol. The summed E-state index contributed by atoms with van der Waals surface area (Å²) in [7, 11) is 1.63. The standard InChI is InChI=1S/C33H32ClN3O5/c1-20-28-30(36-42-20)29-26(34)9-6-10-27(29)37(33(28)39)31(22-7-4-3-5-8-22)35-32(38)23-13-17-25(18-14-23)41-19-21-11-15-24(40-2)16-12-21/h6,9-18,22,31H,3-5,7-8,19H2,1-2H3,(H,35,38)/t31-/m1/s1. The van der Waals surface area contributed by atoms with Gasteiger partial charge < -0.3 is 19.3 Å². The minimum atomic E-state index is -0.573. The lowest BCUT2D eigenvalue weighted by molar-refractivity contribution is 0.0877. The fourth-order valence-electron chi connectivity index (χ4n) is 5.90. The molecule has 1 fully saturated rings. The first-order valence-electron chi connectivity index (χ1n) is 14.2. The second-order valence-corrected chi connectivity index (χ2v) is 11.2. The number of hydrogen-bond donors (Lipinski definition) is 1. The fourth-order valence-corrected chi connectivity index (χ4v) is 6.16. The number of carbonyl (C=O) groups excluding carboxylic acids is 1. The Hall–Kier alpha value is -4.30. The van der Waals surface area contributed by atoms with Crippen molar-refractivity contribution in [1.82, 2.24) is 15.0 Å². The zero-order valence-corrected chi connectivity index (χ0v) is 24.3. The van der Waals surface area contributed by atoms with Crippen LogP contribution in [0.5, 0.6) is 11.5 Å². The number of nitrogens with zero attached hydrogens (tertiary/aromatic N) is 2. The number of aromatic nitrogens is 2. The molecule has 1 atom stereocenters. The molecule has 6 rings (SSSR count). The van der Waals surface area contributed by atoms with E-state index in [2.05, 4.69) is 10.5 Å². The van der Waals surface area contributed by atoms with Gasteiger partial charge in [-0.3, -0.25) is 14.2 Å². The maximum absolute atomic E-state index is 14.1. The number of nitrogens with one attached hydrogen (secondary N) is 1. The van der Waals surface area contributed by atoms with Gasteiger partial charge >= 0.3 is 0 Å². The summed E-state index contributed by atoms with van der Waals surface area (Å²) in [6, 6.07) is 20.1. The molecule has 0 aliphatic heterocycles. The quantitative estimate of drug-likeness (QED) is 0.207. The Morgan fingerprint density at radius 2 is 1.74 bits per heavy atom. The van der Waals surface area contributed by atoms with Gasteiger partial charge in [0.25, 0.3) is 11.5 Å². The Labute approximate surface area is 248 Å². The van der Waals surface area contributed by atoms with Crippen molar-refractivity contribution < 1.29 is 18.8 Å². The van der Waals surface area contributed by atoms with Crippen molar-refractivity contribution in [3.05, 3.63) is 99.0 Å². The molecule has 1 amide bonds. The largest absolute Gasteiger partial charge is 0.497 e. The Bertz CT molecular complexity index is 1790. The van der Waals surface area contributed by atoms with Crippen LogP contribution >= 0.6 is 11.6 Å². The highest BCUT2D eigenvalue weighted by Gasteiger charge is 2.31. The lowest BCUT2D eigenvalue weighted by Crippen LogP contribution is -2.42. The first-order valence-corrected chi connectivity index (χ1v) is 14.6. The van der Waals surface area contributed by atoms with E-state index in [1.54, 1.807) is 48.9 Å². The summed E-state index contributed by atoms with van der Waals surface area (Å²) in [4.78, 5) is 27.7. The third-order valence-corrected chi connectivity index (χ3v) is 8.43. The third-order valence-electron chi connectivity index (χ3n) is 8.12. The molecule has 216 valence electrons. The van der Waals surface area contributed by atoms with Crippen molar-refractivity contribution >= 4 is 39.3 Å². The molecule has 0 unspecified atom stereocenters. The van der Waals surface area contributed by atoms with Gasteiger partial charge in [0.05, 0.1) is 17.6 Å². The highest BCUT2D eigenvalue weighted by molar-refractivity contribution is 6.37. The second kappa shape index (κ2) is 11.9. The van der Waals surface area contributed by atoms with E-state index in [1.807, 2.05) is 36.4 Å². The zero-order chi connectivity index (χ0) is 29.2. The van der Waals surface area contributed by atoms with Gasteiger partial charge in [0.15, 0.2) is 0 Å². The molecule has 0 spiro atoms. The van der Waals surface area contributed by atoms with Crippen LogP contribution in [0.3, 0.4) is 0 Å². The summed E-state index contributed by atoms with van der Waals surface area (Å²) in [5.74, 6) is 1.67. The van der Waals surface area contributed by atoms with Gasteiger partial charge in [-0.1, -0.05) is 54.2 Å². The molecule has 0 radical (unpaired) electrons.